The van der Waals surface area contributed by atoms with Crippen molar-refractivity contribution in [2.75, 3.05) is 17.2 Å². The molecule has 0 atom stereocenters. The molecule has 0 radical (unpaired) electrons. The number of anilines is 2. The first-order chi connectivity index (χ1) is 23.5. The van der Waals surface area contributed by atoms with Crippen LogP contribution in [0.1, 0.15) is 56.7 Å². The Bertz CT molecular complexity index is 2130. The third-order valence-electron chi connectivity index (χ3n) is 7.51. The molecule has 4 amide bonds. The lowest BCUT2D eigenvalue weighted by Gasteiger charge is -2.12. The number of imidazole rings is 2. The van der Waals surface area contributed by atoms with Gasteiger partial charge in [-0.3, -0.25) is 39.3 Å². The zero-order valence-electron chi connectivity index (χ0n) is 26.7. The number of aromatic nitrogens is 6. The van der Waals surface area contributed by atoms with Crippen molar-refractivity contribution in [3.63, 3.8) is 0 Å². The molecule has 7 N–H and O–H groups in total. The van der Waals surface area contributed by atoms with Gasteiger partial charge in [-0.2, -0.15) is 5.10 Å². The van der Waals surface area contributed by atoms with E-state index in [9.17, 15) is 24.0 Å². The van der Waals surface area contributed by atoms with Crippen LogP contribution in [0.25, 0.3) is 22.1 Å². The first kappa shape index (κ1) is 33.8. The van der Waals surface area contributed by atoms with Gasteiger partial charge in [-0.1, -0.05) is 12.2 Å². The van der Waals surface area contributed by atoms with Crippen molar-refractivity contribution >= 4 is 64.1 Å². The number of carbonyl (C=O) groups is 5. The summed E-state index contributed by atoms with van der Waals surface area (Å²) in [5, 5.41) is 18.7. The number of allylic oxidation sites excluding steroid dienone is 2. The second kappa shape index (κ2) is 14.5. The number of aliphatic carboxylic acids is 1. The van der Waals surface area contributed by atoms with Crippen molar-refractivity contribution in [3.05, 3.63) is 71.1 Å². The predicted molar refractivity (Wildman–Crippen MR) is 178 cm³/mol. The van der Waals surface area contributed by atoms with E-state index in [1.807, 2.05) is 6.92 Å². The number of nitrogens with zero attached hydrogens (tertiary/aromatic N) is 6. The number of carboxylic acids is 1. The van der Waals surface area contributed by atoms with Crippen LogP contribution in [-0.4, -0.2) is 70.7 Å². The lowest BCUT2D eigenvalue weighted by Crippen LogP contribution is -2.19. The number of fused-ring (bicyclic) bond motifs is 2. The van der Waals surface area contributed by atoms with Crippen molar-refractivity contribution < 1.29 is 33.8 Å². The van der Waals surface area contributed by atoms with E-state index >= 15 is 0 Å². The van der Waals surface area contributed by atoms with Gasteiger partial charge in [0.05, 0.1) is 28.9 Å². The lowest BCUT2D eigenvalue weighted by atomic mass is 10.1. The number of benzene rings is 2. The maximum atomic E-state index is 13.3. The number of carboxylic acid groups (broad SMARTS) is 1. The van der Waals surface area contributed by atoms with Gasteiger partial charge in [-0.25, -0.2) is 9.97 Å². The van der Waals surface area contributed by atoms with Crippen molar-refractivity contribution in [2.45, 2.75) is 46.3 Å². The molecule has 49 heavy (non-hydrogen) atoms. The summed E-state index contributed by atoms with van der Waals surface area (Å²) in [4.78, 5) is 68.6. The van der Waals surface area contributed by atoms with Crippen LogP contribution in [0.3, 0.4) is 0 Å². The van der Waals surface area contributed by atoms with Gasteiger partial charge in [0.2, 0.25) is 30.1 Å². The summed E-state index contributed by atoms with van der Waals surface area (Å²) in [6, 6.07) is 9.39. The molecule has 5 rings (SSSR count). The molecule has 0 saturated heterocycles. The summed E-state index contributed by atoms with van der Waals surface area (Å²) in [7, 11) is 0. The summed E-state index contributed by atoms with van der Waals surface area (Å²) in [5.41, 5.74) is 14.2. The highest BCUT2D eigenvalue weighted by molar-refractivity contribution is 6.03. The van der Waals surface area contributed by atoms with Crippen molar-refractivity contribution in [1.29, 1.82) is 0 Å². The number of primary amides is 2. The quantitative estimate of drug-likeness (QED) is 0.0583. The largest absolute Gasteiger partial charge is 0.491 e. The molecule has 0 spiro atoms. The Kier molecular flexibility index (Phi) is 10.0. The highest BCUT2D eigenvalue weighted by Crippen LogP contribution is 2.31. The maximum Gasteiger partial charge on any atom is 0.303 e. The topological polar surface area (TPSA) is 244 Å². The summed E-state index contributed by atoms with van der Waals surface area (Å²) >= 11 is 0. The van der Waals surface area contributed by atoms with Crippen molar-refractivity contribution in [1.82, 2.24) is 28.9 Å². The number of aryl methyl sites for hydroxylation is 2. The van der Waals surface area contributed by atoms with Crippen LogP contribution in [0.2, 0.25) is 0 Å². The Labute approximate surface area is 278 Å². The molecule has 0 saturated carbocycles. The van der Waals surface area contributed by atoms with E-state index in [0.29, 0.717) is 46.4 Å². The van der Waals surface area contributed by atoms with E-state index in [1.54, 1.807) is 57.2 Å². The fourth-order valence-corrected chi connectivity index (χ4v) is 5.29. The van der Waals surface area contributed by atoms with Crippen molar-refractivity contribution in [3.8, 4) is 5.75 Å². The molecule has 0 aliphatic rings. The van der Waals surface area contributed by atoms with Gasteiger partial charge in [0.25, 0.3) is 5.91 Å². The van der Waals surface area contributed by atoms with E-state index in [4.69, 9.17) is 21.3 Å². The first-order valence-electron chi connectivity index (χ1n) is 15.2. The number of nitrogens with one attached hydrogen (secondary N) is 2. The summed E-state index contributed by atoms with van der Waals surface area (Å²) in [5.74, 6) is -2.12. The van der Waals surface area contributed by atoms with Crippen LogP contribution in [0.4, 0.5) is 11.9 Å². The van der Waals surface area contributed by atoms with Gasteiger partial charge in [-0.05, 0) is 56.7 Å². The number of hydrogen-bond acceptors (Lipinski definition) is 9. The van der Waals surface area contributed by atoms with Gasteiger partial charge in [0.1, 0.15) is 17.0 Å². The van der Waals surface area contributed by atoms with E-state index < -0.39 is 23.7 Å². The monoisotopic (exact) mass is 670 g/mol. The second-order valence-electron chi connectivity index (χ2n) is 10.9. The van der Waals surface area contributed by atoms with Crippen LogP contribution in [0.15, 0.2) is 48.6 Å². The maximum absolute atomic E-state index is 13.3. The van der Waals surface area contributed by atoms with E-state index in [0.717, 1.165) is 0 Å². The lowest BCUT2D eigenvalue weighted by molar-refractivity contribution is -0.137. The SMILES string of the molecule is CCn1nc(C)cc1C(=O)Nc1nc2cc(C(N)=O)ccc2n1C/C=C/Cn1c(NC=O)nc2cc(C(N)=O)cc(OCCCC(=O)O)c21. The number of ether oxygens (including phenoxy) is 1. The minimum atomic E-state index is -0.975. The van der Waals surface area contributed by atoms with E-state index in [1.165, 1.54) is 12.1 Å². The van der Waals surface area contributed by atoms with Gasteiger partial charge >= 0.3 is 5.97 Å². The minimum absolute atomic E-state index is 0.0410. The molecule has 3 aromatic heterocycles. The van der Waals surface area contributed by atoms with Crippen LogP contribution >= 0.6 is 0 Å². The molecule has 0 aliphatic heterocycles. The summed E-state index contributed by atoms with van der Waals surface area (Å²) in [6.07, 6.45) is 4.15. The van der Waals surface area contributed by atoms with Crippen LogP contribution < -0.4 is 26.8 Å². The fraction of sp³-hybridized carbons (Fsp3) is 0.250. The number of rotatable bonds is 16. The zero-order chi connectivity index (χ0) is 35.2. The molecular weight excluding hydrogens is 636 g/mol. The zero-order valence-corrected chi connectivity index (χ0v) is 26.7. The molecule has 0 unspecified atom stereocenters. The molecule has 17 heteroatoms. The average Bonchev–Trinajstić information content (AvgIpc) is 3.73. The fourth-order valence-electron chi connectivity index (χ4n) is 5.29. The minimum Gasteiger partial charge on any atom is -0.491 e. The Hall–Kier alpha value is -6.52. The van der Waals surface area contributed by atoms with E-state index in [-0.39, 0.29) is 61.3 Å². The Morgan fingerprint density at radius 3 is 2.31 bits per heavy atom. The van der Waals surface area contributed by atoms with Gasteiger partial charge in [0, 0.05) is 37.2 Å². The summed E-state index contributed by atoms with van der Waals surface area (Å²) < 4.78 is 10.9. The molecule has 5 aromatic rings. The molecule has 17 nitrogen and oxygen atoms in total. The number of hydrogen-bond donors (Lipinski definition) is 5. The highest BCUT2D eigenvalue weighted by Gasteiger charge is 2.20. The Morgan fingerprint density at radius 2 is 1.63 bits per heavy atom. The standard InChI is InChI=1S/C32H34N10O7/c1-3-42-24(13-18(2)39-42)30(48)38-32-36-21-14-19(28(33)46)8-9-23(21)40(32)10-4-5-11-41-27-22(37-31(41)35-17-43)15-20(29(34)47)16-25(27)49-12-6-7-26(44)45/h4-5,8-9,13-17H,3,6-7,10-12H2,1-2H3,(H2,33,46)(H2,34,47)(H,44,45)(H,35,37,43)(H,36,38,48)/b5-4+. The molecule has 0 aliphatic carbocycles. The first-order valence-corrected chi connectivity index (χ1v) is 15.2. The van der Waals surface area contributed by atoms with Crippen molar-refractivity contribution in [2.24, 2.45) is 11.5 Å². The van der Waals surface area contributed by atoms with Gasteiger partial charge < -0.3 is 30.4 Å². The average molecular weight is 671 g/mol. The normalized spacial score (nSPS) is 11.3. The molecule has 0 bridgehead atoms. The molecular formula is C32H34N10O7. The van der Waals surface area contributed by atoms with Gasteiger partial charge in [-0.15, -0.1) is 0 Å². The molecule has 0 fully saturated rings. The van der Waals surface area contributed by atoms with Crippen LogP contribution in [0.5, 0.6) is 5.75 Å². The molecule has 3 heterocycles. The smallest absolute Gasteiger partial charge is 0.303 e. The van der Waals surface area contributed by atoms with E-state index in [2.05, 4.69) is 25.7 Å². The van der Waals surface area contributed by atoms with Crippen LogP contribution in [0, 0.1) is 6.92 Å². The number of carbonyl (C=O) groups excluding carboxylic acids is 4. The Morgan fingerprint density at radius 1 is 0.939 bits per heavy atom. The molecule has 254 valence electrons. The molecule has 2 aromatic carbocycles. The number of amides is 4. The Balaban J connectivity index is 1.48. The van der Waals surface area contributed by atoms with Crippen LogP contribution in [-0.2, 0) is 29.2 Å². The highest BCUT2D eigenvalue weighted by atomic mass is 16.5. The third-order valence-corrected chi connectivity index (χ3v) is 7.51. The number of nitrogens with two attached hydrogens (primary N) is 2. The second-order valence-corrected chi connectivity index (χ2v) is 10.9. The third kappa shape index (κ3) is 7.40. The van der Waals surface area contributed by atoms with Gasteiger partial charge in [0.15, 0.2) is 0 Å². The predicted octanol–water partition coefficient (Wildman–Crippen LogP) is 2.43. The summed E-state index contributed by atoms with van der Waals surface area (Å²) in [6.45, 7) is 4.59.